The summed E-state index contributed by atoms with van der Waals surface area (Å²) < 4.78 is 0. The number of rotatable bonds is 5. The van der Waals surface area contributed by atoms with E-state index in [9.17, 15) is 4.79 Å². The van der Waals surface area contributed by atoms with E-state index < -0.39 is 0 Å². The molecule has 0 radical (unpaired) electrons. The zero-order valence-corrected chi connectivity index (χ0v) is 13.0. The van der Waals surface area contributed by atoms with E-state index in [1.54, 1.807) is 7.05 Å². The summed E-state index contributed by atoms with van der Waals surface area (Å²) in [6.07, 6.45) is 0.848. The summed E-state index contributed by atoms with van der Waals surface area (Å²) in [5.41, 5.74) is 4.98. The maximum absolute atomic E-state index is 11.7. The van der Waals surface area contributed by atoms with Crippen LogP contribution in [0.3, 0.4) is 0 Å². The lowest BCUT2D eigenvalue weighted by molar-refractivity contribution is -0.121. The minimum Gasteiger partial charge on any atom is -0.350 e. The highest BCUT2D eigenvalue weighted by Gasteiger charge is 2.22. The molecule has 0 heterocycles. The first-order valence-electron chi connectivity index (χ1n) is 6.77. The monoisotopic (exact) mass is 262 g/mol. The molecule has 1 aromatic rings. The molecule has 0 atom stereocenters. The van der Waals surface area contributed by atoms with Crippen molar-refractivity contribution >= 4 is 5.91 Å². The summed E-state index contributed by atoms with van der Waals surface area (Å²) in [6, 6.07) is 4.40. The van der Waals surface area contributed by atoms with E-state index in [2.05, 4.69) is 57.4 Å². The summed E-state index contributed by atoms with van der Waals surface area (Å²) in [5.74, 6) is 0.0370. The van der Waals surface area contributed by atoms with Gasteiger partial charge in [0.25, 0.3) is 0 Å². The molecule has 3 heteroatoms. The van der Waals surface area contributed by atoms with Crippen LogP contribution in [0.25, 0.3) is 0 Å². The second-order valence-electron chi connectivity index (χ2n) is 6.02. The molecule has 0 aliphatic heterocycles. The number of amides is 1. The normalized spacial score (nSPS) is 11.5. The lowest BCUT2D eigenvalue weighted by atomic mass is 9.88. The van der Waals surface area contributed by atoms with Crippen molar-refractivity contribution in [3.8, 4) is 0 Å². The van der Waals surface area contributed by atoms with Crippen molar-refractivity contribution in [1.82, 2.24) is 10.6 Å². The predicted octanol–water partition coefficient (Wildman–Crippen LogP) is 2.27. The maximum Gasteiger partial charge on any atom is 0.234 e. The third kappa shape index (κ3) is 4.67. The SMILES string of the molecule is CNCC(=O)NC(C)(C)Cc1c(C)cc(C)cc1C. The number of hydrogen-bond donors (Lipinski definition) is 2. The van der Waals surface area contributed by atoms with Crippen molar-refractivity contribution in [3.05, 3.63) is 34.4 Å². The molecule has 106 valence electrons. The van der Waals surface area contributed by atoms with Crippen LogP contribution in [0, 0.1) is 20.8 Å². The third-order valence-electron chi connectivity index (χ3n) is 3.27. The summed E-state index contributed by atoms with van der Waals surface area (Å²) in [7, 11) is 1.78. The minimum atomic E-state index is -0.237. The van der Waals surface area contributed by atoms with Crippen molar-refractivity contribution in [2.75, 3.05) is 13.6 Å². The Bertz CT molecular complexity index is 441. The Balaban J connectivity index is 2.86. The number of aryl methyl sites for hydroxylation is 3. The van der Waals surface area contributed by atoms with Crippen LogP contribution < -0.4 is 10.6 Å². The van der Waals surface area contributed by atoms with Crippen LogP contribution in [-0.4, -0.2) is 25.0 Å². The van der Waals surface area contributed by atoms with E-state index in [1.165, 1.54) is 22.3 Å². The highest BCUT2D eigenvalue weighted by Crippen LogP contribution is 2.21. The minimum absolute atomic E-state index is 0.0370. The molecular weight excluding hydrogens is 236 g/mol. The van der Waals surface area contributed by atoms with Crippen molar-refractivity contribution in [2.45, 2.75) is 46.6 Å². The van der Waals surface area contributed by atoms with Gasteiger partial charge in [-0.2, -0.15) is 0 Å². The van der Waals surface area contributed by atoms with Gasteiger partial charge in [-0.1, -0.05) is 17.7 Å². The van der Waals surface area contributed by atoms with Gasteiger partial charge in [-0.05, 0) is 64.8 Å². The predicted molar refractivity (Wildman–Crippen MR) is 80.5 cm³/mol. The van der Waals surface area contributed by atoms with Gasteiger partial charge in [-0.15, -0.1) is 0 Å². The first-order chi connectivity index (χ1) is 8.75. The molecule has 1 rings (SSSR count). The lowest BCUT2D eigenvalue weighted by Gasteiger charge is -2.28. The molecule has 19 heavy (non-hydrogen) atoms. The lowest BCUT2D eigenvalue weighted by Crippen LogP contribution is -2.48. The van der Waals surface area contributed by atoms with Gasteiger partial charge in [0, 0.05) is 5.54 Å². The van der Waals surface area contributed by atoms with E-state index in [-0.39, 0.29) is 11.4 Å². The van der Waals surface area contributed by atoms with E-state index >= 15 is 0 Å². The van der Waals surface area contributed by atoms with Gasteiger partial charge in [0.05, 0.1) is 6.54 Å². The standard InChI is InChI=1S/C16H26N2O/c1-11-7-12(2)14(13(3)8-11)9-16(4,5)18-15(19)10-17-6/h7-8,17H,9-10H2,1-6H3,(H,18,19). The Morgan fingerprint density at radius 3 is 2.16 bits per heavy atom. The number of nitrogens with one attached hydrogen (secondary N) is 2. The fraction of sp³-hybridized carbons (Fsp3) is 0.562. The quantitative estimate of drug-likeness (QED) is 0.854. The Morgan fingerprint density at radius 1 is 1.16 bits per heavy atom. The summed E-state index contributed by atoms with van der Waals surface area (Å²) in [6.45, 7) is 10.9. The van der Waals surface area contributed by atoms with Gasteiger partial charge in [-0.25, -0.2) is 0 Å². The summed E-state index contributed by atoms with van der Waals surface area (Å²) >= 11 is 0. The van der Waals surface area contributed by atoms with E-state index in [0.717, 1.165) is 6.42 Å². The number of likely N-dealkylation sites (N-methyl/N-ethyl adjacent to an activating group) is 1. The fourth-order valence-corrected chi connectivity index (χ4v) is 2.56. The first kappa shape index (κ1) is 15.7. The molecule has 0 spiro atoms. The van der Waals surface area contributed by atoms with Crippen LogP contribution >= 0.6 is 0 Å². The highest BCUT2D eigenvalue weighted by molar-refractivity contribution is 5.78. The first-order valence-corrected chi connectivity index (χ1v) is 6.77. The van der Waals surface area contributed by atoms with Crippen molar-refractivity contribution in [1.29, 1.82) is 0 Å². The Hall–Kier alpha value is -1.35. The smallest absolute Gasteiger partial charge is 0.234 e. The van der Waals surface area contributed by atoms with Crippen molar-refractivity contribution in [3.63, 3.8) is 0 Å². The topological polar surface area (TPSA) is 41.1 Å². The van der Waals surface area contributed by atoms with Crippen molar-refractivity contribution < 1.29 is 4.79 Å². The van der Waals surface area contributed by atoms with Gasteiger partial charge >= 0.3 is 0 Å². The molecule has 0 unspecified atom stereocenters. The molecule has 2 N–H and O–H groups in total. The second-order valence-corrected chi connectivity index (χ2v) is 6.02. The average molecular weight is 262 g/mol. The van der Waals surface area contributed by atoms with Gasteiger partial charge in [0.1, 0.15) is 0 Å². The Labute approximate surface area is 116 Å². The van der Waals surface area contributed by atoms with Crippen LogP contribution in [0.1, 0.15) is 36.1 Å². The van der Waals surface area contributed by atoms with E-state index in [1.807, 2.05) is 0 Å². The Morgan fingerprint density at radius 2 is 1.68 bits per heavy atom. The maximum atomic E-state index is 11.7. The average Bonchev–Trinajstić information content (AvgIpc) is 2.23. The third-order valence-corrected chi connectivity index (χ3v) is 3.27. The number of hydrogen-bond acceptors (Lipinski definition) is 2. The van der Waals surface area contributed by atoms with E-state index in [0.29, 0.717) is 6.54 Å². The molecule has 1 aromatic carbocycles. The molecule has 0 saturated heterocycles. The molecule has 0 aliphatic carbocycles. The Kier molecular flexibility index (Phi) is 5.12. The van der Waals surface area contributed by atoms with Crippen LogP contribution in [0.5, 0.6) is 0 Å². The number of carbonyl (C=O) groups is 1. The van der Waals surface area contributed by atoms with Crippen LogP contribution in [-0.2, 0) is 11.2 Å². The molecule has 0 aliphatic rings. The number of carbonyl (C=O) groups excluding carboxylic acids is 1. The van der Waals surface area contributed by atoms with Gasteiger partial charge < -0.3 is 10.6 Å². The van der Waals surface area contributed by atoms with Crippen molar-refractivity contribution in [2.24, 2.45) is 0 Å². The highest BCUT2D eigenvalue weighted by atomic mass is 16.2. The molecule has 1 amide bonds. The fourth-order valence-electron chi connectivity index (χ4n) is 2.56. The second kappa shape index (κ2) is 6.20. The van der Waals surface area contributed by atoms with Crippen LogP contribution in [0.4, 0.5) is 0 Å². The molecular formula is C16H26N2O. The summed E-state index contributed by atoms with van der Waals surface area (Å²) in [4.78, 5) is 11.7. The number of benzene rings is 1. The molecule has 3 nitrogen and oxygen atoms in total. The molecule has 0 aromatic heterocycles. The molecule has 0 fully saturated rings. The van der Waals surface area contributed by atoms with Crippen LogP contribution in [0.2, 0.25) is 0 Å². The van der Waals surface area contributed by atoms with E-state index in [4.69, 9.17) is 0 Å². The molecule has 0 saturated carbocycles. The van der Waals surface area contributed by atoms with Gasteiger partial charge in [0.2, 0.25) is 5.91 Å². The largest absolute Gasteiger partial charge is 0.350 e. The zero-order valence-electron chi connectivity index (χ0n) is 13.0. The van der Waals surface area contributed by atoms with Crippen LogP contribution in [0.15, 0.2) is 12.1 Å². The van der Waals surface area contributed by atoms with Gasteiger partial charge in [-0.3, -0.25) is 4.79 Å². The molecule has 0 bridgehead atoms. The summed E-state index contributed by atoms with van der Waals surface area (Å²) in [5, 5.41) is 5.95. The zero-order chi connectivity index (χ0) is 14.6. The van der Waals surface area contributed by atoms with Gasteiger partial charge in [0.15, 0.2) is 0 Å².